The second-order valence-corrected chi connectivity index (χ2v) is 13.6. The Morgan fingerprint density at radius 2 is 1.14 bits per heavy atom. The maximum Gasteiger partial charge on any atom is 0.0265 e. The molecular weight excluding hydrogens is 148 g/mol. The summed E-state index contributed by atoms with van der Waals surface area (Å²) in [6, 6.07) is 0. The van der Waals surface area contributed by atoms with Crippen LogP contribution in [0.3, 0.4) is 0 Å². The lowest BCUT2D eigenvalue weighted by Crippen LogP contribution is -2.10. The first-order valence-electron chi connectivity index (χ1n) is 3.35. The first-order chi connectivity index (χ1) is 3.35. The lowest BCUT2D eigenvalue weighted by Gasteiger charge is -2.03. The molecule has 0 aromatic rings. The molecule has 0 heterocycles. The highest BCUT2D eigenvalue weighted by molar-refractivity contribution is 6.74. The summed E-state index contributed by atoms with van der Waals surface area (Å²) in [5, 5.41) is 0. The molecule has 0 aliphatic heterocycles. The third kappa shape index (κ3) is 3.45. The van der Waals surface area contributed by atoms with E-state index in [9.17, 15) is 0 Å². The van der Waals surface area contributed by atoms with E-state index < -0.39 is 0 Å². The third-order valence-corrected chi connectivity index (χ3v) is 15.6. The van der Waals surface area contributed by atoms with E-state index in [0.717, 1.165) is 0 Å². The van der Waals surface area contributed by atoms with E-state index >= 15 is 0 Å². The lowest BCUT2D eigenvalue weighted by atomic mass is 11.8. The van der Waals surface area contributed by atoms with Gasteiger partial charge in [-0.05, 0) is 30.7 Å². The molecule has 0 saturated carbocycles. The summed E-state index contributed by atoms with van der Waals surface area (Å²) in [5.74, 6) is 0. The first kappa shape index (κ1) is 7.87. The van der Waals surface area contributed by atoms with E-state index in [1.807, 2.05) is 0 Å². The number of rotatable bonds is 3. The Kier molecular flexibility index (Phi) is 5.63. The molecule has 0 spiro atoms. The van der Waals surface area contributed by atoms with Crippen molar-refractivity contribution in [1.29, 1.82) is 0 Å². The topological polar surface area (TPSA) is 0 Å². The van der Waals surface area contributed by atoms with Gasteiger partial charge in [-0.3, -0.25) is 0 Å². The fourth-order valence-corrected chi connectivity index (χ4v) is 23.4. The van der Waals surface area contributed by atoms with Crippen molar-refractivity contribution in [2.75, 3.05) is 0 Å². The zero-order valence-corrected chi connectivity index (χ0v) is 12.9. The molecule has 0 aliphatic carbocycles. The maximum absolute atomic E-state index is 1.70. The molecule has 0 nitrogen and oxygen atoms in total. The van der Waals surface area contributed by atoms with Crippen molar-refractivity contribution >= 4 is 39.5 Å². The van der Waals surface area contributed by atoms with Crippen molar-refractivity contribution in [3.63, 3.8) is 0 Å². The van der Waals surface area contributed by atoms with Crippen LogP contribution in [-0.4, -0.2) is 39.5 Å². The van der Waals surface area contributed by atoms with Gasteiger partial charge in [0.2, 0.25) is 0 Å². The summed E-state index contributed by atoms with van der Waals surface area (Å²) in [6.45, 7) is 0. The van der Waals surface area contributed by atoms with Crippen LogP contribution in [0.2, 0.25) is 17.0 Å². The Labute approximate surface area is 57.0 Å². The highest BCUT2D eigenvalue weighted by Gasteiger charge is 1.98. The molecule has 0 aromatic heterocycles. The Bertz CT molecular complexity index is 28.4. The standard InChI is InChI=1S/C3H16Si4/c4-1-7(2-5)3-6/h7H,1-3H2,4-6H3. The SMILES string of the molecule is [SiH3]C[SiH](C[SiH3])C[SiH3]. The molecule has 0 amide bonds. The van der Waals surface area contributed by atoms with Gasteiger partial charge in [0.05, 0.1) is 0 Å². The maximum atomic E-state index is 1.70. The minimum absolute atomic E-state index is 0.0139. The fourth-order valence-electron chi connectivity index (χ4n) is 0.866. The summed E-state index contributed by atoms with van der Waals surface area (Å²) < 4.78 is 0. The van der Waals surface area contributed by atoms with Crippen LogP contribution in [-0.2, 0) is 0 Å². The lowest BCUT2D eigenvalue weighted by molar-refractivity contribution is 1.71. The Hall–Kier alpha value is 0.868. The summed E-state index contributed by atoms with van der Waals surface area (Å²) in [6.07, 6.45) is 0. The van der Waals surface area contributed by atoms with Gasteiger partial charge < -0.3 is 0 Å². The first-order valence-corrected chi connectivity index (χ1v) is 10.0. The van der Waals surface area contributed by atoms with Crippen LogP contribution < -0.4 is 0 Å². The number of hydrogen-bond acceptors (Lipinski definition) is 0. The van der Waals surface area contributed by atoms with E-state index in [2.05, 4.69) is 0 Å². The molecule has 0 unspecified atom stereocenters. The normalized spacial score (nSPS) is 15.4. The van der Waals surface area contributed by atoms with Crippen LogP contribution >= 0.6 is 0 Å². The van der Waals surface area contributed by atoms with Crippen molar-refractivity contribution in [3.05, 3.63) is 0 Å². The molecule has 0 N–H and O–H groups in total. The molecule has 0 aliphatic rings. The highest BCUT2D eigenvalue weighted by Crippen LogP contribution is 1.94. The van der Waals surface area contributed by atoms with Crippen molar-refractivity contribution in [3.8, 4) is 0 Å². The van der Waals surface area contributed by atoms with Gasteiger partial charge in [-0.2, -0.15) is 0 Å². The molecule has 0 atom stereocenters. The van der Waals surface area contributed by atoms with Crippen LogP contribution in [0, 0.1) is 0 Å². The molecule has 0 bridgehead atoms. The van der Waals surface area contributed by atoms with E-state index in [1.165, 1.54) is 30.7 Å². The minimum atomic E-state index is 0.0139. The fraction of sp³-hybridized carbons (Fsp3) is 1.00. The highest BCUT2D eigenvalue weighted by atomic mass is 28.3. The van der Waals surface area contributed by atoms with E-state index in [-0.39, 0.29) is 8.80 Å². The molecule has 4 heteroatoms. The molecule has 0 radical (unpaired) electrons. The molecule has 0 rings (SSSR count). The zero-order chi connectivity index (χ0) is 5.70. The molecule has 0 fully saturated rings. The Morgan fingerprint density at radius 3 is 1.14 bits per heavy atom. The van der Waals surface area contributed by atoms with Crippen LogP contribution in [0.4, 0.5) is 0 Å². The summed E-state index contributed by atoms with van der Waals surface area (Å²) >= 11 is 0. The quantitative estimate of drug-likeness (QED) is 0.395. The van der Waals surface area contributed by atoms with Crippen molar-refractivity contribution < 1.29 is 0 Å². The summed E-state index contributed by atoms with van der Waals surface area (Å²) in [7, 11) is 4.51. The monoisotopic (exact) mass is 164 g/mol. The summed E-state index contributed by atoms with van der Waals surface area (Å²) in [5.41, 5.74) is 5.10. The van der Waals surface area contributed by atoms with Gasteiger partial charge in [-0.1, -0.05) is 17.0 Å². The average Bonchev–Trinajstić information content (AvgIpc) is 1.72. The van der Waals surface area contributed by atoms with Crippen molar-refractivity contribution in [1.82, 2.24) is 0 Å². The van der Waals surface area contributed by atoms with Gasteiger partial charge >= 0.3 is 0 Å². The number of hydrogen-bond donors (Lipinski definition) is 0. The Balaban J connectivity index is 2.99. The molecule has 44 valence electrons. The molecule has 7 heavy (non-hydrogen) atoms. The van der Waals surface area contributed by atoms with Crippen molar-refractivity contribution in [2.45, 2.75) is 17.0 Å². The van der Waals surface area contributed by atoms with Crippen molar-refractivity contribution in [2.24, 2.45) is 0 Å². The predicted octanol–water partition coefficient (Wildman–Crippen LogP) is -2.82. The van der Waals surface area contributed by atoms with Gasteiger partial charge in [-0.25, -0.2) is 0 Å². The zero-order valence-electron chi connectivity index (χ0n) is 5.70. The smallest absolute Gasteiger partial charge is 0.0265 e. The van der Waals surface area contributed by atoms with Crippen LogP contribution in [0.1, 0.15) is 0 Å². The second-order valence-electron chi connectivity index (χ2n) is 2.09. The van der Waals surface area contributed by atoms with Crippen LogP contribution in [0.25, 0.3) is 0 Å². The van der Waals surface area contributed by atoms with E-state index in [4.69, 9.17) is 0 Å². The molecular formula is C3H16Si4. The van der Waals surface area contributed by atoms with Crippen LogP contribution in [0.15, 0.2) is 0 Å². The van der Waals surface area contributed by atoms with E-state index in [1.54, 1.807) is 17.0 Å². The average molecular weight is 165 g/mol. The third-order valence-electron chi connectivity index (χ3n) is 1.73. The van der Waals surface area contributed by atoms with E-state index in [0.29, 0.717) is 0 Å². The summed E-state index contributed by atoms with van der Waals surface area (Å²) in [4.78, 5) is 0. The minimum Gasteiger partial charge on any atom is -0.0726 e. The predicted molar refractivity (Wildman–Crippen MR) is 51.4 cm³/mol. The second kappa shape index (κ2) is 5.01. The van der Waals surface area contributed by atoms with Gasteiger partial charge in [-0.15, -0.1) is 0 Å². The Morgan fingerprint density at radius 1 is 0.857 bits per heavy atom. The van der Waals surface area contributed by atoms with Gasteiger partial charge in [0, 0.05) is 8.80 Å². The molecule has 0 saturated heterocycles. The largest absolute Gasteiger partial charge is 0.0726 e. The van der Waals surface area contributed by atoms with Gasteiger partial charge in [0.25, 0.3) is 0 Å². The van der Waals surface area contributed by atoms with Gasteiger partial charge in [0.1, 0.15) is 0 Å². The van der Waals surface area contributed by atoms with Crippen LogP contribution in [0.5, 0.6) is 0 Å². The van der Waals surface area contributed by atoms with Gasteiger partial charge in [0.15, 0.2) is 0 Å². The molecule has 0 aromatic carbocycles.